The molecular weight excluding hydrogens is 414 g/mol. The van der Waals surface area contributed by atoms with Crippen molar-refractivity contribution in [2.24, 2.45) is 23.7 Å². The van der Waals surface area contributed by atoms with Gasteiger partial charge in [-0.3, -0.25) is 9.59 Å². The van der Waals surface area contributed by atoms with Gasteiger partial charge in [-0.05, 0) is 76.7 Å². The average Bonchev–Trinajstić information content (AvgIpc) is 3.32. The molecule has 7 heteroatoms. The second kappa shape index (κ2) is 8.77. The first-order valence-electron chi connectivity index (χ1n) is 11.4. The molecule has 6 nitrogen and oxygen atoms in total. The van der Waals surface area contributed by atoms with Crippen LogP contribution in [0.25, 0.3) is 0 Å². The van der Waals surface area contributed by atoms with Crippen LogP contribution in [0.4, 0.5) is 5.00 Å². The maximum Gasteiger partial charge on any atom is 0.341 e. The van der Waals surface area contributed by atoms with Gasteiger partial charge in [0.1, 0.15) is 5.00 Å². The van der Waals surface area contributed by atoms with E-state index in [1.807, 2.05) is 13.8 Å². The lowest BCUT2D eigenvalue weighted by molar-refractivity contribution is -0.148. The van der Waals surface area contributed by atoms with E-state index in [1.165, 1.54) is 11.3 Å². The van der Waals surface area contributed by atoms with E-state index in [9.17, 15) is 19.5 Å². The molecule has 1 heterocycles. The molecule has 2 fully saturated rings. The highest BCUT2D eigenvalue weighted by Gasteiger charge is 2.57. The van der Waals surface area contributed by atoms with Crippen LogP contribution in [0.3, 0.4) is 0 Å². The largest absolute Gasteiger partial charge is 0.481 e. The number of anilines is 1. The van der Waals surface area contributed by atoms with E-state index in [1.54, 1.807) is 6.92 Å². The number of rotatable bonds is 5. The molecule has 2 saturated carbocycles. The molecule has 3 aliphatic rings. The van der Waals surface area contributed by atoms with Gasteiger partial charge in [-0.15, -0.1) is 11.3 Å². The van der Waals surface area contributed by atoms with E-state index >= 15 is 0 Å². The first-order chi connectivity index (χ1) is 14.8. The van der Waals surface area contributed by atoms with Gasteiger partial charge in [-0.1, -0.05) is 17.6 Å². The molecule has 31 heavy (non-hydrogen) atoms. The quantitative estimate of drug-likeness (QED) is 0.385. The fourth-order valence-corrected chi connectivity index (χ4v) is 7.33. The molecular formula is C24H31NO5S. The zero-order chi connectivity index (χ0) is 22.3. The van der Waals surface area contributed by atoms with Crippen LogP contribution in [0.2, 0.25) is 0 Å². The highest BCUT2D eigenvalue weighted by atomic mass is 32.1. The van der Waals surface area contributed by atoms with E-state index in [0.717, 1.165) is 66.5 Å². The summed E-state index contributed by atoms with van der Waals surface area (Å²) in [4.78, 5) is 39.5. The van der Waals surface area contributed by atoms with Crippen molar-refractivity contribution in [1.29, 1.82) is 0 Å². The number of amides is 1. The normalized spacial score (nSPS) is 26.9. The van der Waals surface area contributed by atoms with Gasteiger partial charge in [0, 0.05) is 4.88 Å². The number of carbonyl (C=O) groups excluding carboxylic acids is 2. The molecule has 2 N–H and O–H groups in total. The Labute approximate surface area is 187 Å². The number of hydrogen-bond donors (Lipinski definition) is 2. The third-order valence-corrected chi connectivity index (χ3v) is 8.35. The van der Waals surface area contributed by atoms with Crippen molar-refractivity contribution >= 4 is 34.2 Å². The predicted molar refractivity (Wildman–Crippen MR) is 119 cm³/mol. The third-order valence-electron chi connectivity index (χ3n) is 7.14. The van der Waals surface area contributed by atoms with E-state index in [-0.39, 0.29) is 24.3 Å². The Morgan fingerprint density at radius 1 is 1.06 bits per heavy atom. The second-order valence-electron chi connectivity index (χ2n) is 9.11. The Kier molecular flexibility index (Phi) is 6.24. The van der Waals surface area contributed by atoms with Gasteiger partial charge in [0.05, 0.1) is 24.0 Å². The van der Waals surface area contributed by atoms with Crippen molar-refractivity contribution in [3.8, 4) is 0 Å². The molecule has 1 amide bonds. The molecule has 1 aromatic rings. The Morgan fingerprint density at radius 3 is 2.39 bits per heavy atom. The Balaban J connectivity index is 1.68. The number of allylic oxidation sites excluding steroid dienone is 2. The number of aryl methyl sites for hydroxylation is 1. The summed E-state index contributed by atoms with van der Waals surface area (Å²) >= 11 is 1.46. The van der Waals surface area contributed by atoms with Gasteiger partial charge >= 0.3 is 11.9 Å². The van der Waals surface area contributed by atoms with E-state index in [2.05, 4.69) is 5.32 Å². The maximum atomic E-state index is 13.5. The molecule has 0 spiro atoms. The van der Waals surface area contributed by atoms with Crippen LogP contribution in [-0.4, -0.2) is 29.6 Å². The van der Waals surface area contributed by atoms with Gasteiger partial charge in [-0.2, -0.15) is 0 Å². The number of thiophene rings is 1. The first kappa shape index (κ1) is 22.1. The lowest BCUT2D eigenvalue weighted by atomic mass is 9.78. The van der Waals surface area contributed by atoms with Crippen molar-refractivity contribution in [1.82, 2.24) is 0 Å². The Hall–Kier alpha value is -2.15. The number of hydrogen-bond acceptors (Lipinski definition) is 5. The highest BCUT2D eigenvalue weighted by Crippen LogP contribution is 2.57. The number of nitrogens with one attached hydrogen (secondary N) is 1. The van der Waals surface area contributed by atoms with Crippen molar-refractivity contribution in [3.05, 3.63) is 27.2 Å². The second-order valence-corrected chi connectivity index (χ2v) is 10.2. The number of carboxylic acid groups (broad SMARTS) is 1. The fraction of sp³-hybridized carbons (Fsp3) is 0.625. The van der Waals surface area contributed by atoms with Crippen LogP contribution in [0.1, 0.15) is 73.7 Å². The van der Waals surface area contributed by atoms with Crippen LogP contribution in [0.15, 0.2) is 11.1 Å². The lowest BCUT2D eigenvalue weighted by Gasteiger charge is -2.26. The molecule has 2 bridgehead atoms. The number of ether oxygens (including phenoxy) is 1. The van der Waals surface area contributed by atoms with E-state index in [4.69, 9.17) is 4.74 Å². The number of carbonyl (C=O) groups is 3. The van der Waals surface area contributed by atoms with E-state index < -0.39 is 23.8 Å². The Bertz CT molecular complexity index is 942. The van der Waals surface area contributed by atoms with Gasteiger partial charge in [0.15, 0.2) is 0 Å². The highest BCUT2D eigenvalue weighted by molar-refractivity contribution is 7.17. The molecule has 4 atom stereocenters. The van der Waals surface area contributed by atoms with Gasteiger partial charge in [-0.25, -0.2) is 4.79 Å². The minimum atomic E-state index is -0.904. The van der Waals surface area contributed by atoms with E-state index in [0.29, 0.717) is 10.6 Å². The van der Waals surface area contributed by atoms with Gasteiger partial charge < -0.3 is 15.2 Å². The molecule has 0 unspecified atom stereocenters. The minimum absolute atomic E-state index is 0.0278. The van der Waals surface area contributed by atoms with Crippen molar-refractivity contribution in [2.75, 3.05) is 11.9 Å². The molecule has 3 aliphatic carbocycles. The Morgan fingerprint density at radius 2 is 1.74 bits per heavy atom. The SMILES string of the molecule is CCOC(=O)c1c(NC(=O)[C@H]2[C@@H](C(=O)O)[C@@H]3CC[C@H]2C3=C(C)C)sc2c1CCCCC2. The summed E-state index contributed by atoms with van der Waals surface area (Å²) < 4.78 is 5.31. The third kappa shape index (κ3) is 3.81. The standard InChI is InChI=1S/C24H31NO5S/c1-4-30-24(29)20-13-8-6-5-7-9-16(13)31-22(20)25-21(26)18-14-10-11-15(17(14)12(2)3)19(18)23(27)28/h14-15,18-19H,4-11H2,1-3H3,(H,25,26)(H,27,28)/t14-,15+,18+,19-/m0/s1. The lowest BCUT2D eigenvalue weighted by Crippen LogP contribution is -2.38. The smallest absolute Gasteiger partial charge is 0.341 e. The zero-order valence-electron chi connectivity index (χ0n) is 18.5. The molecule has 0 saturated heterocycles. The maximum absolute atomic E-state index is 13.5. The van der Waals surface area contributed by atoms with Gasteiger partial charge in [0.2, 0.25) is 5.91 Å². The number of aliphatic carboxylic acids is 1. The molecule has 0 aromatic carbocycles. The predicted octanol–water partition coefficient (Wildman–Crippen LogP) is 4.83. The zero-order valence-corrected chi connectivity index (χ0v) is 19.3. The van der Waals surface area contributed by atoms with Crippen LogP contribution < -0.4 is 5.32 Å². The first-order valence-corrected chi connectivity index (χ1v) is 12.2. The van der Waals surface area contributed by atoms with Gasteiger partial charge in [0.25, 0.3) is 0 Å². The van der Waals surface area contributed by atoms with Crippen LogP contribution in [-0.2, 0) is 27.2 Å². The summed E-state index contributed by atoms with van der Waals surface area (Å²) in [6, 6.07) is 0. The summed E-state index contributed by atoms with van der Waals surface area (Å²) in [6.07, 6.45) is 6.59. The minimum Gasteiger partial charge on any atom is -0.481 e. The number of carboxylic acids is 1. The topological polar surface area (TPSA) is 92.7 Å². The van der Waals surface area contributed by atoms with Crippen LogP contribution in [0, 0.1) is 23.7 Å². The number of esters is 1. The fourth-order valence-electron chi connectivity index (χ4n) is 6.05. The summed E-state index contributed by atoms with van der Waals surface area (Å²) in [6.45, 7) is 6.06. The van der Waals surface area contributed by atoms with Crippen molar-refractivity contribution in [3.63, 3.8) is 0 Å². The van der Waals surface area contributed by atoms with Crippen LogP contribution >= 0.6 is 11.3 Å². The molecule has 0 aliphatic heterocycles. The van der Waals surface area contributed by atoms with Crippen LogP contribution in [0.5, 0.6) is 0 Å². The average molecular weight is 446 g/mol. The summed E-state index contributed by atoms with van der Waals surface area (Å²) in [5.74, 6) is -2.97. The summed E-state index contributed by atoms with van der Waals surface area (Å²) in [5.41, 5.74) is 3.77. The number of fused-ring (bicyclic) bond motifs is 3. The molecule has 4 rings (SSSR count). The molecule has 1 aromatic heterocycles. The molecule has 0 radical (unpaired) electrons. The van der Waals surface area contributed by atoms with Crippen molar-refractivity contribution in [2.45, 2.75) is 65.7 Å². The summed E-state index contributed by atoms with van der Waals surface area (Å²) in [5, 5.41) is 13.4. The van der Waals surface area contributed by atoms with Crippen molar-refractivity contribution < 1.29 is 24.2 Å². The monoisotopic (exact) mass is 445 g/mol. The molecule has 168 valence electrons. The summed E-state index contributed by atoms with van der Waals surface area (Å²) in [7, 11) is 0.